The summed E-state index contributed by atoms with van der Waals surface area (Å²) in [7, 11) is 0. The average molecular weight is 323 g/mol. The Hall–Kier alpha value is -2.89. The van der Waals surface area contributed by atoms with Crippen LogP contribution in [0.1, 0.15) is 33.1 Å². The highest BCUT2D eigenvalue weighted by molar-refractivity contribution is 5.99. The lowest BCUT2D eigenvalue weighted by Crippen LogP contribution is -2.61. The van der Waals surface area contributed by atoms with Gasteiger partial charge in [-0.05, 0) is 24.1 Å². The third-order valence-corrected chi connectivity index (χ3v) is 4.84. The van der Waals surface area contributed by atoms with Crippen LogP contribution in [0.15, 0.2) is 41.3 Å². The monoisotopic (exact) mass is 323 g/mol. The number of pyridine rings is 1. The van der Waals surface area contributed by atoms with Crippen LogP contribution < -0.4 is 10.9 Å². The van der Waals surface area contributed by atoms with Gasteiger partial charge in [0.1, 0.15) is 6.04 Å². The maximum atomic E-state index is 13.1. The van der Waals surface area contributed by atoms with Gasteiger partial charge in [-0.3, -0.25) is 14.4 Å². The van der Waals surface area contributed by atoms with Crippen LogP contribution in [0.4, 0.5) is 0 Å². The molecule has 2 aliphatic rings. The SMILES string of the molecule is Cc1cc(C(=O)N2[C@H]3Cc4ccccc4[C@@H]2CNC3=O)c[nH]c1=O. The minimum absolute atomic E-state index is 0.129. The fourth-order valence-corrected chi connectivity index (χ4v) is 3.61. The lowest BCUT2D eigenvalue weighted by Gasteiger charge is -2.46. The van der Waals surface area contributed by atoms with E-state index in [1.165, 1.54) is 6.20 Å². The van der Waals surface area contributed by atoms with E-state index in [2.05, 4.69) is 10.3 Å². The molecule has 0 unspecified atom stereocenters. The summed E-state index contributed by atoms with van der Waals surface area (Å²) in [5.74, 6) is -0.357. The van der Waals surface area contributed by atoms with Crippen LogP contribution in [0.25, 0.3) is 0 Å². The number of nitrogens with one attached hydrogen (secondary N) is 2. The van der Waals surface area contributed by atoms with Crippen LogP contribution in [0, 0.1) is 6.92 Å². The number of H-pyrrole nitrogens is 1. The minimum Gasteiger partial charge on any atom is -0.352 e. The number of carbonyl (C=O) groups excluding carboxylic acids is 2. The summed E-state index contributed by atoms with van der Waals surface area (Å²) in [5.41, 5.74) is 2.85. The Morgan fingerprint density at radius 1 is 1.21 bits per heavy atom. The molecule has 2 bridgehead atoms. The lowest BCUT2D eigenvalue weighted by molar-refractivity contribution is -0.130. The number of amides is 2. The Bertz CT molecular complexity index is 902. The van der Waals surface area contributed by atoms with Crippen molar-refractivity contribution in [2.75, 3.05) is 6.54 Å². The van der Waals surface area contributed by atoms with E-state index in [9.17, 15) is 14.4 Å². The van der Waals surface area contributed by atoms with E-state index in [-0.39, 0.29) is 23.4 Å². The third-order valence-electron chi connectivity index (χ3n) is 4.84. The van der Waals surface area contributed by atoms with E-state index in [1.807, 2.05) is 24.3 Å². The highest BCUT2D eigenvalue weighted by atomic mass is 16.2. The Kier molecular flexibility index (Phi) is 3.26. The van der Waals surface area contributed by atoms with E-state index in [0.29, 0.717) is 24.1 Å². The standard InChI is InChI=1S/C18H17N3O3/c1-10-6-12(8-19-16(10)22)18(24)21-14-7-11-4-2-3-5-13(11)15(21)9-20-17(14)23/h2-6,8,14-15H,7,9H2,1H3,(H,19,22)(H,20,23)/t14-,15-/m0/s1. The first kappa shape index (κ1) is 14.7. The number of carbonyl (C=O) groups is 2. The summed E-state index contributed by atoms with van der Waals surface area (Å²) in [6.07, 6.45) is 1.93. The number of fused-ring (bicyclic) bond motifs is 4. The molecule has 3 heterocycles. The maximum absolute atomic E-state index is 13.1. The van der Waals surface area contributed by atoms with E-state index in [0.717, 1.165) is 11.1 Å². The summed E-state index contributed by atoms with van der Waals surface area (Å²) < 4.78 is 0. The molecule has 6 heteroatoms. The van der Waals surface area contributed by atoms with Crippen molar-refractivity contribution >= 4 is 11.8 Å². The fourth-order valence-electron chi connectivity index (χ4n) is 3.61. The molecule has 2 aromatic rings. The molecular formula is C18H17N3O3. The molecule has 2 aliphatic heterocycles. The van der Waals surface area contributed by atoms with Crippen LogP contribution in [-0.2, 0) is 11.2 Å². The number of piperazine rings is 1. The molecule has 0 aliphatic carbocycles. The zero-order valence-corrected chi connectivity index (χ0v) is 13.2. The normalized spacial score (nSPS) is 21.9. The van der Waals surface area contributed by atoms with Crippen molar-refractivity contribution in [1.29, 1.82) is 0 Å². The van der Waals surface area contributed by atoms with Gasteiger partial charge in [0.25, 0.3) is 11.5 Å². The summed E-state index contributed by atoms with van der Waals surface area (Å²) >= 11 is 0. The van der Waals surface area contributed by atoms with Gasteiger partial charge >= 0.3 is 0 Å². The van der Waals surface area contributed by atoms with Gasteiger partial charge < -0.3 is 15.2 Å². The number of aryl methyl sites for hydroxylation is 1. The summed E-state index contributed by atoms with van der Waals surface area (Å²) in [6, 6.07) is 8.80. The molecule has 122 valence electrons. The van der Waals surface area contributed by atoms with Crippen molar-refractivity contribution < 1.29 is 9.59 Å². The molecule has 0 saturated carbocycles. The quantitative estimate of drug-likeness (QED) is 0.819. The number of nitrogens with zero attached hydrogens (tertiary/aromatic N) is 1. The lowest BCUT2D eigenvalue weighted by atomic mass is 9.85. The Labute approximate surface area is 138 Å². The van der Waals surface area contributed by atoms with Gasteiger partial charge in [-0.15, -0.1) is 0 Å². The van der Waals surface area contributed by atoms with Gasteiger partial charge in [0, 0.05) is 24.7 Å². The molecule has 1 aromatic heterocycles. The molecule has 0 spiro atoms. The molecule has 1 aromatic carbocycles. The van der Waals surface area contributed by atoms with E-state index in [1.54, 1.807) is 17.9 Å². The van der Waals surface area contributed by atoms with Crippen LogP contribution in [0.2, 0.25) is 0 Å². The fraction of sp³-hybridized carbons (Fsp3) is 0.278. The second-order valence-electron chi connectivity index (χ2n) is 6.29. The second-order valence-corrected chi connectivity index (χ2v) is 6.29. The first-order valence-electron chi connectivity index (χ1n) is 7.94. The van der Waals surface area contributed by atoms with E-state index in [4.69, 9.17) is 0 Å². The van der Waals surface area contributed by atoms with Crippen LogP contribution in [0.3, 0.4) is 0 Å². The number of rotatable bonds is 1. The second kappa shape index (κ2) is 5.33. The predicted molar refractivity (Wildman–Crippen MR) is 87.7 cm³/mol. The average Bonchev–Trinajstić information content (AvgIpc) is 2.59. The predicted octanol–water partition coefficient (Wildman–Crippen LogP) is 0.921. The number of hydrogen-bond acceptors (Lipinski definition) is 3. The van der Waals surface area contributed by atoms with E-state index >= 15 is 0 Å². The molecule has 24 heavy (non-hydrogen) atoms. The van der Waals surface area contributed by atoms with Gasteiger partial charge in [-0.25, -0.2) is 0 Å². The Balaban J connectivity index is 1.79. The van der Waals surface area contributed by atoms with Gasteiger partial charge in [-0.1, -0.05) is 24.3 Å². The van der Waals surface area contributed by atoms with Gasteiger partial charge in [0.15, 0.2) is 0 Å². The van der Waals surface area contributed by atoms with Crippen LogP contribution in [0.5, 0.6) is 0 Å². The van der Waals surface area contributed by atoms with Gasteiger partial charge in [-0.2, -0.15) is 0 Å². The molecule has 2 N–H and O–H groups in total. The largest absolute Gasteiger partial charge is 0.352 e. The summed E-state index contributed by atoms with van der Waals surface area (Å²) in [6.45, 7) is 2.06. The Morgan fingerprint density at radius 2 is 2.00 bits per heavy atom. The minimum atomic E-state index is -0.515. The molecule has 1 fully saturated rings. The smallest absolute Gasteiger partial charge is 0.256 e. The van der Waals surface area contributed by atoms with Crippen molar-refractivity contribution in [3.8, 4) is 0 Å². The van der Waals surface area contributed by atoms with E-state index < -0.39 is 6.04 Å². The van der Waals surface area contributed by atoms with Gasteiger partial charge in [0.05, 0.1) is 11.6 Å². The Morgan fingerprint density at radius 3 is 2.79 bits per heavy atom. The zero-order valence-electron chi connectivity index (χ0n) is 13.2. The summed E-state index contributed by atoms with van der Waals surface area (Å²) in [5, 5.41) is 2.89. The first-order valence-corrected chi connectivity index (χ1v) is 7.94. The third kappa shape index (κ3) is 2.14. The number of aromatic nitrogens is 1. The van der Waals surface area contributed by atoms with Crippen molar-refractivity contribution in [3.05, 3.63) is 69.1 Å². The summed E-state index contributed by atoms with van der Waals surface area (Å²) in [4.78, 5) is 41.2. The molecule has 2 amide bonds. The van der Waals surface area contributed by atoms with Crippen molar-refractivity contribution in [2.45, 2.75) is 25.4 Å². The first-order chi connectivity index (χ1) is 11.6. The molecule has 0 radical (unpaired) electrons. The highest BCUT2D eigenvalue weighted by Gasteiger charge is 2.44. The highest BCUT2D eigenvalue weighted by Crippen LogP contribution is 2.36. The maximum Gasteiger partial charge on any atom is 0.256 e. The zero-order chi connectivity index (χ0) is 16.8. The number of benzene rings is 1. The van der Waals surface area contributed by atoms with Crippen molar-refractivity contribution in [1.82, 2.24) is 15.2 Å². The number of hydrogen-bond donors (Lipinski definition) is 2. The molecule has 2 atom stereocenters. The number of aromatic amines is 1. The molecule has 1 saturated heterocycles. The topological polar surface area (TPSA) is 82.3 Å². The molecule has 4 rings (SSSR count). The van der Waals surface area contributed by atoms with Crippen molar-refractivity contribution in [3.63, 3.8) is 0 Å². The van der Waals surface area contributed by atoms with Crippen LogP contribution in [-0.4, -0.2) is 34.3 Å². The van der Waals surface area contributed by atoms with Crippen LogP contribution >= 0.6 is 0 Å². The van der Waals surface area contributed by atoms with Gasteiger partial charge in [0.2, 0.25) is 5.91 Å². The molecular weight excluding hydrogens is 306 g/mol. The molecule has 6 nitrogen and oxygen atoms in total. The van der Waals surface area contributed by atoms with Crippen molar-refractivity contribution in [2.24, 2.45) is 0 Å².